The molecule has 0 aliphatic carbocycles. The van der Waals surface area contributed by atoms with Crippen LogP contribution in [0.1, 0.15) is 32.4 Å². The maximum absolute atomic E-state index is 11.8. The fourth-order valence-corrected chi connectivity index (χ4v) is 1.42. The zero-order chi connectivity index (χ0) is 12.8. The Balaban J connectivity index is 2.44. The molecule has 0 aromatic carbocycles. The highest BCUT2D eigenvalue weighted by Crippen LogP contribution is 2.09. The third kappa shape index (κ3) is 4.15. The van der Waals surface area contributed by atoms with Crippen LogP contribution in [0, 0.1) is 0 Å². The van der Waals surface area contributed by atoms with Crippen LogP contribution in [0.15, 0.2) is 24.5 Å². The Morgan fingerprint density at radius 2 is 1.94 bits per heavy atom. The summed E-state index contributed by atoms with van der Waals surface area (Å²) in [6.07, 6.45) is 3.52. The number of rotatable bonds is 5. The third-order valence-electron chi connectivity index (χ3n) is 2.93. The first kappa shape index (κ1) is 13.6. The van der Waals surface area contributed by atoms with Gasteiger partial charge in [-0.05, 0) is 38.5 Å². The monoisotopic (exact) mass is 235 g/mol. The summed E-state index contributed by atoms with van der Waals surface area (Å²) in [5.41, 5.74) is 1.14. The van der Waals surface area contributed by atoms with Crippen molar-refractivity contribution in [3.05, 3.63) is 30.1 Å². The second-order valence-corrected chi connectivity index (χ2v) is 4.48. The van der Waals surface area contributed by atoms with Gasteiger partial charge in [-0.3, -0.25) is 9.78 Å². The van der Waals surface area contributed by atoms with E-state index in [2.05, 4.69) is 10.3 Å². The Morgan fingerprint density at radius 1 is 1.35 bits per heavy atom. The molecule has 94 valence electrons. The Bertz CT molecular complexity index is 351. The summed E-state index contributed by atoms with van der Waals surface area (Å²) in [5, 5.41) is 3.22. The molecular weight excluding hydrogens is 214 g/mol. The lowest BCUT2D eigenvalue weighted by molar-refractivity contribution is -0.130. The van der Waals surface area contributed by atoms with Crippen molar-refractivity contribution in [2.75, 3.05) is 13.6 Å². The molecule has 17 heavy (non-hydrogen) atoms. The summed E-state index contributed by atoms with van der Waals surface area (Å²) in [5.74, 6) is 0.112. The zero-order valence-electron chi connectivity index (χ0n) is 11.0. The average Bonchev–Trinajstić information content (AvgIpc) is 2.35. The molecule has 4 heteroatoms. The molecular formula is C13H21N3O. The van der Waals surface area contributed by atoms with Crippen molar-refractivity contribution in [3.8, 4) is 0 Å². The number of nitrogens with zero attached hydrogens (tertiary/aromatic N) is 2. The molecule has 1 aromatic heterocycles. The minimum atomic E-state index is 0.112. The molecule has 0 saturated heterocycles. The van der Waals surface area contributed by atoms with E-state index >= 15 is 0 Å². The van der Waals surface area contributed by atoms with Gasteiger partial charge >= 0.3 is 0 Å². The van der Waals surface area contributed by atoms with Crippen LogP contribution in [0.25, 0.3) is 0 Å². The molecule has 4 nitrogen and oxygen atoms in total. The second-order valence-electron chi connectivity index (χ2n) is 4.48. The van der Waals surface area contributed by atoms with Crippen molar-refractivity contribution in [2.45, 2.75) is 32.9 Å². The molecule has 0 bridgehead atoms. The summed E-state index contributed by atoms with van der Waals surface area (Å²) < 4.78 is 0. The summed E-state index contributed by atoms with van der Waals surface area (Å²) in [4.78, 5) is 17.5. The number of carbonyl (C=O) groups is 1. The SMILES string of the molecule is CC(C)N(C)C(=O)CN[C@@H](C)c1ccncc1. The summed E-state index contributed by atoms with van der Waals surface area (Å²) in [7, 11) is 1.83. The van der Waals surface area contributed by atoms with Crippen LogP contribution in [0.2, 0.25) is 0 Å². The van der Waals surface area contributed by atoms with Gasteiger partial charge in [-0.15, -0.1) is 0 Å². The first-order valence-corrected chi connectivity index (χ1v) is 5.91. The third-order valence-corrected chi connectivity index (χ3v) is 2.93. The van der Waals surface area contributed by atoms with E-state index in [0.717, 1.165) is 5.56 Å². The number of amides is 1. The lowest BCUT2D eigenvalue weighted by Crippen LogP contribution is -2.40. The predicted molar refractivity (Wildman–Crippen MR) is 68.6 cm³/mol. The lowest BCUT2D eigenvalue weighted by Gasteiger charge is -2.23. The number of nitrogens with one attached hydrogen (secondary N) is 1. The number of carbonyl (C=O) groups excluding carboxylic acids is 1. The number of pyridine rings is 1. The summed E-state index contributed by atoms with van der Waals surface area (Å²) in [6.45, 7) is 6.41. The molecule has 1 N–H and O–H groups in total. The fraction of sp³-hybridized carbons (Fsp3) is 0.538. The average molecular weight is 235 g/mol. The van der Waals surface area contributed by atoms with Crippen LogP contribution in [0.5, 0.6) is 0 Å². The van der Waals surface area contributed by atoms with Crippen LogP contribution >= 0.6 is 0 Å². The van der Waals surface area contributed by atoms with Gasteiger partial charge in [0.15, 0.2) is 0 Å². The Kier molecular flexibility index (Phi) is 5.10. The lowest BCUT2D eigenvalue weighted by atomic mass is 10.1. The highest BCUT2D eigenvalue weighted by atomic mass is 16.2. The van der Waals surface area contributed by atoms with Crippen LogP contribution in [0.4, 0.5) is 0 Å². The van der Waals surface area contributed by atoms with Crippen LogP contribution in [0.3, 0.4) is 0 Å². The number of hydrogen-bond acceptors (Lipinski definition) is 3. The summed E-state index contributed by atoms with van der Waals surface area (Å²) in [6, 6.07) is 4.30. The van der Waals surface area contributed by atoms with Gasteiger partial charge in [0.05, 0.1) is 6.54 Å². The fourth-order valence-electron chi connectivity index (χ4n) is 1.42. The molecule has 1 amide bonds. The first-order chi connectivity index (χ1) is 8.02. The minimum absolute atomic E-state index is 0.112. The molecule has 1 heterocycles. The molecule has 1 aromatic rings. The largest absolute Gasteiger partial charge is 0.342 e. The van der Waals surface area contributed by atoms with Gasteiger partial charge in [0, 0.05) is 31.5 Å². The molecule has 0 radical (unpaired) electrons. The van der Waals surface area contributed by atoms with E-state index in [1.165, 1.54) is 0 Å². The Labute approximate surface area is 103 Å². The molecule has 0 spiro atoms. The van der Waals surface area contributed by atoms with Crippen LogP contribution in [-0.4, -0.2) is 35.4 Å². The highest BCUT2D eigenvalue weighted by Gasteiger charge is 2.13. The van der Waals surface area contributed by atoms with Crippen molar-refractivity contribution in [1.29, 1.82) is 0 Å². The van der Waals surface area contributed by atoms with Crippen molar-refractivity contribution >= 4 is 5.91 Å². The van der Waals surface area contributed by atoms with Gasteiger partial charge in [0.25, 0.3) is 0 Å². The second kappa shape index (κ2) is 6.35. The van der Waals surface area contributed by atoms with E-state index in [1.54, 1.807) is 17.3 Å². The van der Waals surface area contributed by atoms with Crippen LogP contribution < -0.4 is 5.32 Å². The Morgan fingerprint density at radius 3 is 2.47 bits per heavy atom. The first-order valence-electron chi connectivity index (χ1n) is 5.91. The molecule has 0 aliphatic rings. The van der Waals surface area contributed by atoms with E-state index in [1.807, 2.05) is 40.0 Å². The Hall–Kier alpha value is -1.42. The molecule has 0 fully saturated rings. The van der Waals surface area contributed by atoms with Crippen molar-refractivity contribution in [1.82, 2.24) is 15.2 Å². The van der Waals surface area contributed by atoms with E-state index in [0.29, 0.717) is 6.54 Å². The van der Waals surface area contributed by atoms with Gasteiger partial charge in [0.2, 0.25) is 5.91 Å². The van der Waals surface area contributed by atoms with Crippen molar-refractivity contribution < 1.29 is 4.79 Å². The molecule has 1 atom stereocenters. The standard InChI is InChI=1S/C13H21N3O/c1-10(2)16(4)13(17)9-15-11(3)12-5-7-14-8-6-12/h5-8,10-11,15H,9H2,1-4H3/t11-/m0/s1. The molecule has 0 unspecified atom stereocenters. The molecule has 0 saturated carbocycles. The zero-order valence-corrected chi connectivity index (χ0v) is 11.0. The van der Waals surface area contributed by atoms with Gasteiger partial charge in [-0.25, -0.2) is 0 Å². The number of aromatic nitrogens is 1. The van der Waals surface area contributed by atoms with E-state index in [-0.39, 0.29) is 18.0 Å². The van der Waals surface area contributed by atoms with Crippen molar-refractivity contribution in [3.63, 3.8) is 0 Å². The minimum Gasteiger partial charge on any atom is -0.342 e. The van der Waals surface area contributed by atoms with Gasteiger partial charge in [-0.1, -0.05) is 0 Å². The van der Waals surface area contributed by atoms with Gasteiger partial charge < -0.3 is 10.2 Å². The predicted octanol–water partition coefficient (Wildman–Crippen LogP) is 1.60. The van der Waals surface area contributed by atoms with Gasteiger partial charge in [-0.2, -0.15) is 0 Å². The maximum Gasteiger partial charge on any atom is 0.236 e. The summed E-state index contributed by atoms with van der Waals surface area (Å²) >= 11 is 0. The normalized spacial score (nSPS) is 12.5. The van der Waals surface area contributed by atoms with Crippen LogP contribution in [-0.2, 0) is 4.79 Å². The maximum atomic E-state index is 11.8. The quantitative estimate of drug-likeness (QED) is 0.843. The topological polar surface area (TPSA) is 45.2 Å². The highest BCUT2D eigenvalue weighted by molar-refractivity contribution is 5.78. The molecule has 0 aliphatic heterocycles. The van der Waals surface area contributed by atoms with Crippen molar-refractivity contribution in [2.24, 2.45) is 0 Å². The van der Waals surface area contributed by atoms with Gasteiger partial charge in [0.1, 0.15) is 0 Å². The number of hydrogen-bond donors (Lipinski definition) is 1. The van der Waals surface area contributed by atoms with E-state index in [4.69, 9.17) is 0 Å². The smallest absolute Gasteiger partial charge is 0.236 e. The van der Waals surface area contributed by atoms with E-state index < -0.39 is 0 Å². The number of likely N-dealkylation sites (N-methyl/N-ethyl adjacent to an activating group) is 1. The van der Waals surface area contributed by atoms with E-state index in [9.17, 15) is 4.79 Å². The molecule has 1 rings (SSSR count).